The van der Waals surface area contributed by atoms with Crippen molar-refractivity contribution in [3.8, 4) is 0 Å². The highest BCUT2D eigenvalue weighted by molar-refractivity contribution is 5.82. The number of nitro groups is 1. The number of benzene rings is 1. The summed E-state index contributed by atoms with van der Waals surface area (Å²) in [5.41, 5.74) is 0.685. The lowest BCUT2D eigenvalue weighted by Crippen LogP contribution is -2.35. The van der Waals surface area contributed by atoms with Crippen LogP contribution in [0.4, 0.5) is 11.4 Å². The highest BCUT2D eigenvalue weighted by atomic mass is 16.6. The number of rotatable bonds is 7. The highest BCUT2D eigenvalue weighted by Gasteiger charge is 2.20. The van der Waals surface area contributed by atoms with Gasteiger partial charge in [-0.15, -0.1) is 0 Å². The van der Waals surface area contributed by atoms with Gasteiger partial charge < -0.3 is 15.3 Å². The summed E-state index contributed by atoms with van der Waals surface area (Å²) in [6.07, 6.45) is 0.0505. The summed E-state index contributed by atoms with van der Waals surface area (Å²) < 4.78 is 0. The number of carbonyl (C=O) groups excluding carboxylic acids is 1. The molecule has 1 aromatic rings. The van der Waals surface area contributed by atoms with Crippen LogP contribution in [0.1, 0.15) is 31.9 Å². The van der Waals surface area contributed by atoms with Crippen LogP contribution in [0.25, 0.3) is 0 Å². The third-order valence-corrected chi connectivity index (χ3v) is 3.04. The first kappa shape index (κ1) is 16.9. The van der Waals surface area contributed by atoms with Crippen molar-refractivity contribution in [1.29, 1.82) is 0 Å². The van der Waals surface area contributed by atoms with Crippen molar-refractivity contribution in [3.63, 3.8) is 0 Å². The molecule has 7 nitrogen and oxygen atoms in total. The fraction of sp³-hybridized carbons (Fsp3) is 0.500. The molecule has 1 rings (SSSR count). The van der Waals surface area contributed by atoms with Gasteiger partial charge in [-0.05, 0) is 25.0 Å². The Hall–Kier alpha value is -2.15. The molecule has 1 atom stereocenters. The standard InChI is InChI=1S/C14H21N3O4/c1-4-7-15-14(19)9-16(3)12-6-5-11(10(2)18)8-13(12)17(20)21/h5-6,8,10,18H,4,7,9H2,1-3H3,(H,15,19)/t10-/m1/s1. The molecule has 0 spiro atoms. The lowest BCUT2D eigenvalue weighted by molar-refractivity contribution is -0.384. The summed E-state index contributed by atoms with van der Waals surface area (Å²) in [6.45, 7) is 4.11. The first-order chi connectivity index (χ1) is 9.86. The van der Waals surface area contributed by atoms with Crippen LogP contribution < -0.4 is 10.2 Å². The maximum absolute atomic E-state index is 11.7. The molecule has 1 amide bonds. The summed E-state index contributed by atoms with van der Waals surface area (Å²) in [5.74, 6) is -0.187. The van der Waals surface area contributed by atoms with E-state index in [4.69, 9.17) is 0 Å². The van der Waals surface area contributed by atoms with Crippen LogP contribution in [0.2, 0.25) is 0 Å². The number of aliphatic hydroxyl groups excluding tert-OH is 1. The molecule has 0 heterocycles. The Morgan fingerprint density at radius 3 is 2.71 bits per heavy atom. The molecule has 2 N–H and O–H groups in total. The van der Waals surface area contributed by atoms with Crippen LogP contribution in [-0.4, -0.2) is 36.1 Å². The van der Waals surface area contributed by atoms with Crippen molar-refractivity contribution in [2.24, 2.45) is 0 Å². The average molecular weight is 295 g/mol. The van der Waals surface area contributed by atoms with Crippen molar-refractivity contribution in [1.82, 2.24) is 5.32 Å². The molecule has 0 aliphatic rings. The van der Waals surface area contributed by atoms with Gasteiger partial charge in [-0.3, -0.25) is 14.9 Å². The van der Waals surface area contributed by atoms with E-state index in [0.29, 0.717) is 17.8 Å². The first-order valence-corrected chi connectivity index (χ1v) is 6.81. The fourth-order valence-electron chi connectivity index (χ4n) is 1.89. The third-order valence-electron chi connectivity index (χ3n) is 3.04. The Balaban J connectivity index is 2.95. The number of aliphatic hydroxyl groups is 1. The fourth-order valence-corrected chi connectivity index (χ4v) is 1.89. The number of nitro benzene ring substituents is 1. The molecule has 0 bridgehead atoms. The van der Waals surface area contributed by atoms with Gasteiger partial charge in [0, 0.05) is 19.7 Å². The van der Waals surface area contributed by atoms with Gasteiger partial charge in [0.2, 0.25) is 5.91 Å². The van der Waals surface area contributed by atoms with E-state index in [2.05, 4.69) is 5.32 Å². The highest BCUT2D eigenvalue weighted by Crippen LogP contribution is 2.30. The third kappa shape index (κ3) is 4.71. The van der Waals surface area contributed by atoms with Crippen LogP contribution in [0, 0.1) is 10.1 Å². The predicted molar refractivity (Wildman–Crippen MR) is 80.3 cm³/mol. The predicted octanol–water partition coefficient (Wildman–Crippen LogP) is 1.61. The maximum atomic E-state index is 11.7. The average Bonchev–Trinajstić information content (AvgIpc) is 2.44. The van der Waals surface area contributed by atoms with E-state index in [1.165, 1.54) is 11.0 Å². The van der Waals surface area contributed by atoms with Crippen molar-refractivity contribution >= 4 is 17.3 Å². The zero-order valence-electron chi connectivity index (χ0n) is 12.5. The van der Waals surface area contributed by atoms with E-state index < -0.39 is 11.0 Å². The normalized spacial score (nSPS) is 11.8. The van der Waals surface area contributed by atoms with Crippen molar-refractivity contribution in [3.05, 3.63) is 33.9 Å². The number of hydrogen-bond acceptors (Lipinski definition) is 5. The molecule has 0 unspecified atom stereocenters. The number of nitrogens with zero attached hydrogens (tertiary/aromatic N) is 2. The van der Waals surface area contributed by atoms with Gasteiger partial charge >= 0.3 is 0 Å². The molecule has 1 aromatic carbocycles. The molecular formula is C14H21N3O4. The number of anilines is 1. The quantitative estimate of drug-likeness (QED) is 0.588. The summed E-state index contributed by atoms with van der Waals surface area (Å²) in [7, 11) is 1.62. The lowest BCUT2D eigenvalue weighted by atomic mass is 10.1. The summed E-state index contributed by atoms with van der Waals surface area (Å²) in [5, 5.41) is 23.4. The van der Waals surface area contributed by atoms with Crippen LogP contribution >= 0.6 is 0 Å². The minimum atomic E-state index is -0.782. The molecule has 0 saturated heterocycles. The van der Waals surface area contributed by atoms with Crippen molar-refractivity contribution in [2.75, 3.05) is 25.0 Å². The lowest BCUT2D eigenvalue weighted by Gasteiger charge is -2.19. The van der Waals surface area contributed by atoms with Gasteiger partial charge in [0.15, 0.2) is 0 Å². The van der Waals surface area contributed by atoms with Gasteiger partial charge in [0.1, 0.15) is 5.69 Å². The van der Waals surface area contributed by atoms with Crippen LogP contribution in [-0.2, 0) is 4.79 Å². The van der Waals surface area contributed by atoms with Crippen LogP contribution in [0.5, 0.6) is 0 Å². The molecule has 0 aliphatic carbocycles. The summed E-state index contributed by atoms with van der Waals surface area (Å²) in [4.78, 5) is 23.8. The second kappa shape index (κ2) is 7.58. The van der Waals surface area contributed by atoms with Gasteiger partial charge in [-0.1, -0.05) is 13.0 Å². The maximum Gasteiger partial charge on any atom is 0.292 e. The molecule has 0 aliphatic heterocycles. The second-order valence-electron chi connectivity index (χ2n) is 4.89. The largest absolute Gasteiger partial charge is 0.389 e. The summed E-state index contributed by atoms with van der Waals surface area (Å²) in [6, 6.07) is 4.50. The van der Waals surface area contributed by atoms with Gasteiger partial charge in [-0.2, -0.15) is 0 Å². The zero-order valence-corrected chi connectivity index (χ0v) is 12.5. The monoisotopic (exact) mass is 295 g/mol. The molecule has 7 heteroatoms. The Morgan fingerprint density at radius 2 is 2.19 bits per heavy atom. The Kier molecular flexibility index (Phi) is 6.10. The molecule has 21 heavy (non-hydrogen) atoms. The van der Waals surface area contributed by atoms with E-state index in [9.17, 15) is 20.0 Å². The molecule has 0 radical (unpaired) electrons. The van der Waals surface area contributed by atoms with E-state index in [-0.39, 0.29) is 18.1 Å². The molecule has 0 saturated carbocycles. The topological polar surface area (TPSA) is 95.7 Å². The zero-order chi connectivity index (χ0) is 16.0. The number of amides is 1. The van der Waals surface area contributed by atoms with Crippen LogP contribution in [0.15, 0.2) is 18.2 Å². The van der Waals surface area contributed by atoms with Gasteiger partial charge in [-0.25, -0.2) is 0 Å². The summed E-state index contributed by atoms with van der Waals surface area (Å²) >= 11 is 0. The minimum absolute atomic E-state index is 0.0366. The SMILES string of the molecule is CCCNC(=O)CN(C)c1ccc([C@@H](C)O)cc1[N+](=O)[O-]. The van der Waals surface area contributed by atoms with Crippen molar-refractivity contribution in [2.45, 2.75) is 26.4 Å². The smallest absolute Gasteiger partial charge is 0.292 e. The molecule has 116 valence electrons. The van der Waals surface area contributed by atoms with Gasteiger partial charge in [0.05, 0.1) is 17.6 Å². The van der Waals surface area contributed by atoms with E-state index >= 15 is 0 Å². The Labute approximate surface area is 123 Å². The minimum Gasteiger partial charge on any atom is -0.389 e. The van der Waals surface area contributed by atoms with E-state index in [0.717, 1.165) is 6.42 Å². The number of nitrogens with one attached hydrogen (secondary N) is 1. The Bertz CT molecular complexity index is 517. The van der Waals surface area contributed by atoms with Crippen LogP contribution in [0.3, 0.4) is 0 Å². The van der Waals surface area contributed by atoms with Crippen molar-refractivity contribution < 1.29 is 14.8 Å². The molecule has 0 fully saturated rings. The van der Waals surface area contributed by atoms with E-state index in [1.807, 2.05) is 6.92 Å². The number of carbonyl (C=O) groups is 1. The first-order valence-electron chi connectivity index (χ1n) is 6.81. The number of likely N-dealkylation sites (N-methyl/N-ethyl adjacent to an activating group) is 1. The molecular weight excluding hydrogens is 274 g/mol. The van der Waals surface area contributed by atoms with Gasteiger partial charge in [0.25, 0.3) is 5.69 Å². The second-order valence-corrected chi connectivity index (χ2v) is 4.89. The molecule has 0 aromatic heterocycles. The Morgan fingerprint density at radius 1 is 1.52 bits per heavy atom. The van der Waals surface area contributed by atoms with E-state index in [1.54, 1.807) is 26.1 Å². The number of hydrogen-bond donors (Lipinski definition) is 2.